The van der Waals surface area contributed by atoms with Crippen LogP contribution in [-0.2, 0) is 13.5 Å². The van der Waals surface area contributed by atoms with E-state index in [9.17, 15) is 4.79 Å². The third-order valence-corrected chi connectivity index (χ3v) is 4.12. The van der Waals surface area contributed by atoms with Gasteiger partial charge in [-0.3, -0.25) is 4.99 Å². The number of benzene rings is 2. The summed E-state index contributed by atoms with van der Waals surface area (Å²) >= 11 is 5.97. The Balaban J connectivity index is 1.97. The molecule has 0 spiro atoms. The van der Waals surface area contributed by atoms with E-state index in [2.05, 4.69) is 5.10 Å². The van der Waals surface area contributed by atoms with Gasteiger partial charge in [0.15, 0.2) is 0 Å². The van der Waals surface area contributed by atoms with Crippen molar-refractivity contribution in [1.29, 1.82) is 0 Å². The fourth-order valence-electron chi connectivity index (χ4n) is 2.76. The molecule has 0 fully saturated rings. The van der Waals surface area contributed by atoms with E-state index in [1.165, 1.54) is 4.68 Å². The number of hydrogen-bond donors (Lipinski definition) is 0. The second-order valence-corrected chi connectivity index (χ2v) is 5.83. The van der Waals surface area contributed by atoms with E-state index in [0.29, 0.717) is 17.3 Å². The standard InChI is InChI=1S/C17H13ClN4O/c1-21-17(23)22-15-5-3-2-4-13(15)19-14(10-16(22)20-21)11-6-8-12(18)9-7-11/h2-9H,10H2,1H3. The summed E-state index contributed by atoms with van der Waals surface area (Å²) in [5.41, 5.74) is 3.17. The van der Waals surface area contributed by atoms with Crippen LogP contribution in [0.5, 0.6) is 0 Å². The number of nitrogens with zero attached hydrogens (tertiary/aromatic N) is 4. The van der Waals surface area contributed by atoms with Gasteiger partial charge in [0.05, 0.1) is 23.5 Å². The highest BCUT2D eigenvalue weighted by Crippen LogP contribution is 2.27. The predicted molar refractivity (Wildman–Crippen MR) is 90.2 cm³/mol. The van der Waals surface area contributed by atoms with E-state index in [-0.39, 0.29) is 5.69 Å². The third-order valence-electron chi connectivity index (χ3n) is 3.87. The van der Waals surface area contributed by atoms with E-state index in [1.807, 2.05) is 48.5 Å². The monoisotopic (exact) mass is 324 g/mol. The maximum atomic E-state index is 12.4. The van der Waals surface area contributed by atoms with Gasteiger partial charge in [-0.2, -0.15) is 5.10 Å². The quantitative estimate of drug-likeness (QED) is 0.691. The fraction of sp³-hybridized carbons (Fsp3) is 0.118. The van der Waals surface area contributed by atoms with Crippen molar-refractivity contribution in [2.24, 2.45) is 12.0 Å². The van der Waals surface area contributed by atoms with Crippen molar-refractivity contribution in [3.8, 4) is 5.69 Å². The van der Waals surface area contributed by atoms with Crippen molar-refractivity contribution < 1.29 is 0 Å². The molecule has 0 N–H and O–H groups in total. The Bertz CT molecular complexity index is 983. The Hall–Kier alpha value is -2.66. The molecule has 0 atom stereocenters. The summed E-state index contributed by atoms with van der Waals surface area (Å²) in [6.07, 6.45) is 0.479. The van der Waals surface area contributed by atoms with Crippen molar-refractivity contribution in [2.45, 2.75) is 6.42 Å². The minimum absolute atomic E-state index is 0.167. The summed E-state index contributed by atoms with van der Waals surface area (Å²) < 4.78 is 2.98. The predicted octanol–water partition coefficient (Wildman–Crippen LogP) is 2.90. The maximum Gasteiger partial charge on any atom is 0.350 e. The first-order chi connectivity index (χ1) is 11.1. The zero-order valence-electron chi connectivity index (χ0n) is 12.4. The molecule has 2 heterocycles. The van der Waals surface area contributed by atoms with Crippen molar-refractivity contribution >= 4 is 23.0 Å². The van der Waals surface area contributed by atoms with Crippen molar-refractivity contribution in [1.82, 2.24) is 14.3 Å². The number of aliphatic imine (C=N–C) groups is 1. The Morgan fingerprint density at radius 2 is 1.83 bits per heavy atom. The molecule has 1 aromatic heterocycles. The summed E-state index contributed by atoms with van der Waals surface area (Å²) in [5.74, 6) is 0.677. The van der Waals surface area contributed by atoms with Crippen molar-refractivity contribution in [3.63, 3.8) is 0 Å². The number of fused-ring (bicyclic) bond motifs is 3. The van der Waals surface area contributed by atoms with E-state index >= 15 is 0 Å². The van der Waals surface area contributed by atoms with Gasteiger partial charge in [0.25, 0.3) is 0 Å². The van der Waals surface area contributed by atoms with Gasteiger partial charge in [0.1, 0.15) is 5.82 Å². The largest absolute Gasteiger partial charge is 0.350 e. The van der Waals surface area contributed by atoms with Gasteiger partial charge in [0, 0.05) is 12.1 Å². The molecule has 0 amide bonds. The van der Waals surface area contributed by atoms with Crippen LogP contribution in [0.2, 0.25) is 5.02 Å². The molecule has 6 heteroatoms. The van der Waals surface area contributed by atoms with Crippen LogP contribution < -0.4 is 5.69 Å². The van der Waals surface area contributed by atoms with Crippen LogP contribution in [0.25, 0.3) is 5.69 Å². The lowest BCUT2D eigenvalue weighted by Gasteiger charge is -2.04. The highest BCUT2D eigenvalue weighted by Gasteiger charge is 2.21. The van der Waals surface area contributed by atoms with E-state index < -0.39 is 0 Å². The van der Waals surface area contributed by atoms with Crippen molar-refractivity contribution in [2.75, 3.05) is 0 Å². The fourth-order valence-corrected chi connectivity index (χ4v) is 2.89. The third kappa shape index (κ3) is 2.29. The molecule has 4 rings (SSSR count). The molecule has 23 heavy (non-hydrogen) atoms. The molecule has 1 aliphatic heterocycles. The Morgan fingerprint density at radius 3 is 2.61 bits per heavy atom. The molecule has 1 aliphatic rings. The lowest BCUT2D eigenvalue weighted by Crippen LogP contribution is -2.22. The average Bonchev–Trinajstić information content (AvgIpc) is 2.74. The van der Waals surface area contributed by atoms with Gasteiger partial charge >= 0.3 is 5.69 Å². The lowest BCUT2D eigenvalue weighted by atomic mass is 10.1. The molecule has 114 valence electrons. The van der Waals surface area contributed by atoms with E-state index in [1.54, 1.807) is 11.6 Å². The molecule has 0 aliphatic carbocycles. The summed E-state index contributed by atoms with van der Waals surface area (Å²) in [4.78, 5) is 17.2. The molecule has 3 aromatic rings. The molecule has 0 unspecified atom stereocenters. The molecule has 0 bridgehead atoms. The topological polar surface area (TPSA) is 52.2 Å². The highest BCUT2D eigenvalue weighted by molar-refractivity contribution is 6.30. The van der Waals surface area contributed by atoms with Crippen LogP contribution in [0.4, 0.5) is 5.69 Å². The minimum atomic E-state index is -0.167. The van der Waals surface area contributed by atoms with Crippen LogP contribution in [0.3, 0.4) is 0 Å². The first kappa shape index (κ1) is 14.0. The zero-order valence-corrected chi connectivity index (χ0v) is 13.2. The summed E-state index contributed by atoms with van der Waals surface area (Å²) in [6.45, 7) is 0. The van der Waals surface area contributed by atoms with Gasteiger partial charge in [-0.25, -0.2) is 14.0 Å². The Labute approximate surface area is 137 Å². The number of rotatable bonds is 1. The van der Waals surface area contributed by atoms with Crippen LogP contribution >= 0.6 is 11.6 Å². The minimum Gasteiger partial charge on any atom is -0.250 e. The second kappa shape index (κ2) is 5.21. The summed E-state index contributed by atoms with van der Waals surface area (Å²) in [5, 5.41) is 5.04. The van der Waals surface area contributed by atoms with Gasteiger partial charge in [-0.05, 0) is 29.8 Å². The van der Waals surface area contributed by atoms with Gasteiger partial charge in [-0.1, -0.05) is 35.9 Å². The summed E-state index contributed by atoms with van der Waals surface area (Å²) in [6, 6.07) is 15.1. The first-order valence-electron chi connectivity index (χ1n) is 7.21. The Morgan fingerprint density at radius 1 is 1.09 bits per heavy atom. The van der Waals surface area contributed by atoms with Crippen molar-refractivity contribution in [3.05, 3.63) is 75.4 Å². The Kier molecular flexibility index (Phi) is 3.16. The van der Waals surface area contributed by atoms with E-state index in [4.69, 9.17) is 16.6 Å². The summed E-state index contributed by atoms with van der Waals surface area (Å²) in [7, 11) is 1.66. The van der Waals surface area contributed by atoms with Gasteiger partial charge < -0.3 is 0 Å². The molecular formula is C17H13ClN4O. The molecule has 0 saturated carbocycles. The van der Waals surface area contributed by atoms with Crippen LogP contribution in [-0.4, -0.2) is 20.1 Å². The average molecular weight is 325 g/mol. The molecule has 2 aromatic carbocycles. The van der Waals surface area contributed by atoms with Crippen LogP contribution in [0, 0.1) is 0 Å². The molecular weight excluding hydrogens is 312 g/mol. The smallest absolute Gasteiger partial charge is 0.250 e. The number of aryl methyl sites for hydroxylation is 1. The number of aromatic nitrogens is 3. The molecule has 0 radical (unpaired) electrons. The first-order valence-corrected chi connectivity index (χ1v) is 7.59. The molecule has 0 saturated heterocycles. The number of halogens is 1. The second-order valence-electron chi connectivity index (χ2n) is 5.39. The lowest BCUT2D eigenvalue weighted by molar-refractivity contribution is 0.721. The number of para-hydroxylation sites is 2. The van der Waals surface area contributed by atoms with Crippen LogP contribution in [0.15, 0.2) is 58.3 Å². The van der Waals surface area contributed by atoms with Gasteiger partial charge in [0.2, 0.25) is 0 Å². The van der Waals surface area contributed by atoms with Crippen LogP contribution in [0.1, 0.15) is 11.4 Å². The highest BCUT2D eigenvalue weighted by atomic mass is 35.5. The maximum absolute atomic E-state index is 12.4. The SMILES string of the molecule is Cn1nc2n(c1=O)-c1ccccc1N=C(c1ccc(Cl)cc1)C2. The zero-order chi connectivity index (χ0) is 16.0. The number of hydrogen-bond acceptors (Lipinski definition) is 3. The van der Waals surface area contributed by atoms with Gasteiger partial charge in [-0.15, -0.1) is 0 Å². The molecule has 5 nitrogen and oxygen atoms in total. The van der Waals surface area contributed by atoms with E-state index in [0.717, 1.165) is 22.6 Å². The normalized spacial score (nSPS) is 13.0.